The highest BCUT2D eigenvalue weighted by molar-refractivity contribution is 7.92. The van der Waals surface area contributed by atoms with Gasteiger partial charge in [0.25, 0.3) is 0 Å². The molecule has 0 heterocycles. The average molecular weight is 558 g/mol. The number of amides is 2. The van der Waals surface area contributed by atoms with Crippen LogP contribution in [-0.4, -0.2) is 57.1 Å². The number of aryl methyl sites for hydroxylation is 1. The number of rotatable bonds is 13. The maximum Gasteiger partial charge on any atom is 0.243 e. The molecule has 1 fully saturated rings. The summed E-state index contributed by atoms with van der Waals surface area (Å²) in [5, 5.41) is 3.19. The summed E-state index contributed by atoms with van der Waals surface area (Å²) in [6.45, 7) is 4.37. The highest BCUT2D eigenvalue weighted by atomic mass is 32.2. The van der Waals surface area contributed by atoms with Crippen LogP contribution in [0.25, 0.3) is 0 Å². The Morgan fingerprint density at radius 1 is 1.05 bits per heavy atom. The van der Waals surface area contributed by atoms with Crippen LogP contribution in [-0.2, 0) is 26.2 Å². The Kier molecular flexibility index (Phi) is 11.2. The van der Waals surface area contributed by atoms with E-state index in [9.17, 15) is 18.0 Å². The summed E-state index contributed by atoms with van der Waals surface area (Å²) < 4.78 is 31.9. The molecule has 0 radical (unpaired) electrons. The fourth-order valence-electron chi connectivity index (χ4n) is 5.17. The molecule has 0 spiro atoms. The Morgan fingerprint density at radius 2 is 1.72 bits per heavy atom. The molecule has 1 saturated carbocycles. The second kappa shape index (κ2) is 14.4. The van der Waals surface area contributed by atoms with E-state index in [4.69, 9.17) is 4.74 Å². The zero-order chi connectivity index (χ0) is 28.4. The van der Waals surface area contributed by atoms with Crippen molar-refractivity contribution in [2.75, 3.05) is 24.2 Å². The SMILES string of the molecule is CC[C@H](C(=O)NC1CCCCC1)N(Cc1ccc(C)cc1)C(=O)CCCN(c1ccccc1OC)S(C)(=O)=O. The normalized spacial score (nSPS) is 14.9. The molecule has 2 aromatic carbocycles. The number of benzene rings is 2. The van der Waals surface area contributed by atoms with Crippen LogP contribution in [0.15, 0.2) is 48.5 Å². The molecule has 0 unspecified atom stereocenters. The first-order valence-corrected chi connectivity index (χ1v) is 15.7. The molecule has 0 aliphatic heterocycles. The summed E-state index contributed by atoms with van der Waals surface area (Å²) in [6, 6.07) is 14.4. The molecule has 2 aromatic rings. The first-order valence-electron chi connectivity index (χ1n) is 13.9. The lowest BCUT2D eigenvalue weighted by Crippen LogP contribution is -2.51. The number of ether oxygens (including phenoxy) is 1. The molecule has 9 heteroatoms. The number of anilines is 1. The van der Waals surface area contributed by atoms with Crippen molar-refractivity contribution >= 4 is 27.5 Å². The highest BCUT2D eigenvalue weighted by Gasteiger charge is 2.30. The molecule has 0 bridgehead atoms. The average Bonchev–Trinajstić information content (AvgIpc) is 2.92. The number of nitrogens with one attached hydrogen (secondary N) is 1. The molecule has 3 rings (SSSR count). The van der Waals surface area contributed by atoms with Crippen molar-refractivity contribution in [2.45, 2.75) is 83.8 Å². The summed E-state index contributed by atoms with van der Waals surface area (Å²) >= 11 is 0. The van der Waals surface area contributed by atoms with Gasteiger partial charge in [0.1, 0.15) is 11.8 Å². The number of methoxy groups -OCH3 is 1. The summed E-state index contributed by atoms with van der Waals surface area (Å²) in [5.74, 6) is 0.159. The second-order valence-electron chi connectivity index (χ2n) is 10.4. The Hall–Kier alpha value is -3.07. The third-order valence-electron chi connectivity index (χ3n) is 7.32. The summed E-state index contributed by atoms with van der Waals surface area (Å²) in [6.07, 6.45) is 7.40. The van der Waals surface area contributed by atoms with Crippen LogP contribution in [0.3, 0.4) is 0 Å². The van der Waals surface area contributed by atoms with Crippen molar-refractivity contribution < 1.29 is 22.7 Å². The summed E-state index contributed by atoms with van der Waals surface area (Å²) in [4.78, 5) is 28.7. The Balaban J connectivity index is 1.77. The highest BCUT2D eigenvalue weighted by Crippen LogP contribution is 2.30. The summed E-state index contributed by atoms with van der Waals surface area (Å²) in [5.41, 5.74) is 2.50. The molecule has 0 saturated heterocycles. The lowest BCUT2D eigenvalue weighted by molar-refractivity contribution is -0.141. The lowest BCUT2D eigenvalue weighted by Gasteiger charge is -2.33. The van der Waals surface area contributed by atoms with Crippen molar-refractivity contribution in [3.8, 4) is 5.75 Å². The largest absolute Gasteiger partial charge is 0.495 e. The second-order valence-corrected chi connectivity index (χ2v) is 12.3. The number of para-hydroxylation sites is 2. The number of carbonyl (C=O) groups is 2. The van der Waals surface area contributed by atoms with Crippen molar-refractivity contribution in [1.82, 2.24) is 10.2 Å². The molecule has 2 amide bonds. The van der Waals surface area contributed by atoms with Crippen molar-refractivity contribution in [3.63, 3.8) is 0 Å². The Morgan fingerprint density at radius 3 is 2.33 bits per heavy atom. The van der Waals surface area contributed by atoms with Gasteiger partial charge < -0.3 is 15.0 Å². The molecule has 1 aliphatic rings. The fraction of sp³-hybridized carbons (Fsp3) is 0.533. The van der Waals surface area contributed by atoms with Gasteiger partial charge in [0.15, 0.2) is 0 Å². The van der Waals surface area contributed by atoms with Crippen molar-refractivity contribution in [2.24, 2.45) is 0 Å². The smallest absolute Gasteiger partial charge is 0.243 e. The van der Waals surface area contributed by atoms with Gasteiger partial charge in [0.05, 0.1) is 19.1 Å². The van der Waals surface area contributed by atoms with Gasteiger partial charge in [0.2, 0.25) is 21.8 Å². The molecule has 214 valence electrons. The van der Waals surface area contributed by atoms with Gasteiger partial charge in [-0.1, -0.05) is 68.1 Å². The van der Waals surface area contributed by atoms with E-state index in [1.807, 2.05) is 38.1 Å². The molecule has 8 nitrogen and oxygen atoms in total. The van der Waals surface area contributed by atoms with E-state index in [0.29, 0.717) is 30.8 Å². The fourth-order valence-corrected chi connectivity index (χ4v) is 6.14. The van der Waals surface area contributed by atoms with E-state index in [1.165, 1.54) is 17.8 Å². The topological polar surface area (TPSA) is 96.0 Å². The zero-order valence-corrected chi connectivity index (χ0v) is 24.5. The van der Waals surface area contributed by atoms with Gasteiger partial charge in [0, 0.05) is 25.6 Å². The standard InChI is InChI=1S/C30H43N3O5S/c1-5-26(30(35)31-25-12-7-6-8-13-25)32(22-24-19-17-23(2)18-20-24)29(34)16-11-21-33(39(4,36)37)27-14-9-10-15-28(27)38-3/h9-10,14-15,17-20,25-26H,5-8,11-13,16,21-22H2,1-4H3,(H,31,35)/t26-/m1/s1. The summed E-state index contributed by atoms with van der Waals surface area (Å²) in [7, 11) is -2.11. The predicted molar refractivity (Wildman–Crippen MR) is 155 cm³/mol. The minimum atomic E-state index is -3.61. The maximum absolute atomic E-state index is 13.7. The van der Waals surface area contributed by atoms with Gasteiger partial charge in [-0.25, -0.2) is 8.42 Å². The maximum atomic E-state index is 13.7. The minimum absolute atomic E-state index is 0.111. The van der Waals surface area contributed by atoms with Gasteiger partial charge in [-0.05, 0) is 50.3 Å². The molecule has 1 atom stereocenters. The molecule has 39 heavy (non-hydrogen) atoms. The van der Waals surface area contributed by atoms with Crippen LogP contribution < -0.4 is 14.4 Å². The Labute approximate surface area is 233 Å². The van der Waals surface area contributed by atoms with Crippen LogP contribution in [0.4, 0.5) is 5.69 Å². The lowest BCUT2D eigenvalue weighted by atomic mass is 9.95. The van der Waals surface area contributed by atoms with Crippen molar-refractivity contribution in [3.05, 3.63) is 59.7 Å². The van der Waals surface area contributed by atoms with E-state index in [-0.39, 0.29) is 30.8 Å². The molecule has 0 aromatic heterocycles. The number of sulfonamides is 1. The number of carbonyl (C=O) groups excluding carboxylic acids is 2. The Bertz CT molecular complexity index is 1190. The van der Waals surface area contributed by atoms with Crippen LogP contribution in [0.2, 0.25) is 0 Å². The monoisotopic (exact) mass is 557 g/mol. The van der Waals surface area contributed by atoms with Gasteiger partial charge >= 0.3 is 0 Å². The molecular weight excluding hydrogens is 514 g/mol. The predicted octanol–water partition coefficient (Wildman–Crippen LogP) is 4.81. The number of nitrogens with zero attached hydrogens (tertiary/aromatic N) is 2. The van der Waals surface area contributed by atoms with E-state index >= 15 is 0 Å². The van der Waals surface area contributed by atoms with E-state index in [0.717, 1.165) is 43.1 Å². The zero-order valence-electron chi connectivity index (χ0n) is 23.7. The first-order chi connectivity index (χ1) is 18.6. The molecular formula is C30H43N3O5S. The van der Waals surface area contributed by atoms with E-state index in [2.05, 4.69) is 5.32 Å². The number of hydrogen-bond acceptors (Lipinski definition) is 5. The minimum Gasteiger partial charge on any atom is -0.495 e. The van der Waals surface area contributed by atoms with Gasteiger partial charge in [-0.2, -0.15) is 0 Å². The van der Waals surface area contributed by atoms with Crippen molar-refractivity contribution in [1.29, 1.82) is 0 Å². The quantitative estimate of drug-likeness (QED) is 0.382. The van der Waals surface area contributed by atoms with Gasteiger partial charge in [-0.3, -0.25) is 13.9 Å². The number of hydrogen-bond donors (Lipinski definition) is 1. The third-order valence-corrected chi connectivity index (χ3v) is 8.50. The first kappa shape index (κ1) is 30.5. The van der Waals surface area contributed by atoms with Crippen LogP contribution in [0, 0.1) is 6.92 Å². The van der Waals surface area contributed by atoms with Crippen LogP contribution >= 0.6 is 0 Å². The molecule has 1 N–H and O–H groups in total. The van der Waals surface area contributed by atoms with Gasteiger partial charge in [-0.15, -0.1) is 0 Å². The van der Waals surface area contributed by atoms with E-state index in [1.54, 1.807) is 29.2 Å². The van der Waals surface area contributed by atoms with Crippen LogP contribution in [0.5, 0.6) is 5.75 Å². The molecule has 1 aliphatic carbocycles. The van der Waals surface area contributed by atoms with Crippen LogP contribution in [0.1, 0.15) is 69.4 Å². The third kappa shape index (κ3) is 8.71. The van der Waals surface area contributed by atoms with E-state index < -0.39 is 16.1 Å².